The van der Waals surface area contributed by atoms with Crippen molar-refractivity contribution in [3.63, 3.8) is 0 Å². The van der Waals surface area contributed by atoms with Gasteiger partial charge in [-0.1, -0.05) is 12.1 Å². The van der Waals surface area contributed by atoms with Crippen LogP contribution in [0.3, 0.4) is 0 Å². The average molecular weight is 264 g/mol. The van der Waals surface area contributed by atoms with Gasteiger partial charge in [0.15, 0.2) is 0 Å². The molecule has 104 valence electrons. The minimum absolute atomic E-state index is 0.276. The first-order valence-electron chi connectivity index (χ1n) is 6.22. The summed E-state index contributed by atoms with van der Waals surface area (Å²) in [6.45, 7) is 2.53. The zero-order chi connectivity index (χ0) is 14.3. The second-order valence-electron chi connectivity index (χ2n) is 4.41. The molecule has 0 aliphatic carbocycles. The summed E-state index contributed by atoms with van der Waals surface area (Å²) in [5.41, 5.74) is 14.9. The molecule has 19 heavy (non-hydrogen) atoms. The standard InChI is InChI=1S/C15H21FN2O/c1-11(17)13(4-3-9-19-2)10-15(18)12-5-7-14(16)8-6-12/h5-8,10H,3-4,9,17-18H2,1-2H3/b13-11-,15-10-. The maximum absolute atomic E-state index is 12.8. The highest BCUT2D eigenvalue weighted by molar-refractivity contribution is 5.65. The lowest BCUT2D eigenvalue weighted by molar-refractivity contribution is 0.195. The predicted molar refractivity (Wildman–Crippen MR) is 76.6 cm³/mol. The van der Waals surface area contributed by atoms with E-state index in [2.05, 4.69) is 0 Å². The summed E-state index contributed by atoms with van der Waals surface area (Å²) in [6.07, 6.45) is 3.53. The number of halogens is 1. The van der Waals surface area contributed by atoms with Gasteiger partial charge in [-0.25, -0.2) is 4.39 Å². The van der Waals surface area contributed by atoms with Gasteiger partial charge >= 0.3 is 0 Å². The number of nitrogens with two attached hydrogens (primary N) is 2. The second kappa shape index (κ2) is 7.59. The maximum Gasteiger partial charge on any atom is 0.123 e. The van der Waals surface area contributed by atoms with Crippen molar-refractivity contribution >= 4 is 5.70 Å². The topological polar surface area (TPSA) is 61.3 Å². The molecular weight excluding hydrogens is 243 g/mol. The summed E-state index contributed by atoms with van der Waals surface area (Å²) >= 11 is 0. The molecule has 4 N–H and O–H groups in total. The first kappa shape index (κ1) is 15.2. The van der Waals surface area contributed by atoms with Crippen molar-refractivity contribution < 1.29 is 9.13 Å². The van der Waals surface area contributed by atoms with E-state index in [0.29, 0.717) is 12.3 Å². The number of hydrogen-bond donors (Lipinski definition) is 2. The Morgan fingerprint density at radius 1 is 1.26 bits per heavy atom. The molecule has 0 saturated heterocycles. The van der Waals surface area contributed by atoms with Crippen LogP contribution in [0.1, 0.15) is 25.3 Å². The smallest absolute Gasteiger partial charge is 0.123 e. The lowest BCUT2D eigenvalue weighted by atomic mass is 10.0. The molecule has 0 aliphatic heterocycles. The Balaban J connectivity index is 2.84. The van der Waals surface area contributed by atoms with Crippen LogP contribution in [-0.4, -0.2) is 13.7 Å². The number of ether oxygens (including phenoxy) is 1. The van der Waals surface area contributed by atoms with Crippen molar-refractivity contribution in [2.45, 2.75) is 19.8 Å². The lowest BCUT2D eigenvalue weighted by Crippen LogP contribution is -2.02. The highest BCUT2D eigenvalue weighted by Gasteiger charge is 2.02. The molecule has 0 fully saturated rings. The fraction of sp³-hybridized carbons (Fsp3) is 0.333. The normalized spacial score (nSPS) is 13.3. The van der Waals surface area contributed by atoms with Crippen LogP contribution in [0.15, 0.2) is 41.6 Å². The van der Waals surface area contributed by atoms with Gasteiger partial charge in [0.25, 0.3) is 0 Å². The predicted octanol–water partition coefficient (Wildman–Crippen LogP) is 2.78. The van der Waals surface area contributed by atoms with Gasteiger partial charge in [0.2, 0.25) is 0 Å². The average Bonchev–Trinajstić information content (AvgIpc) is 2.38. The van der Waals surface area contributed by atoms with Crippen molar-refractivity contribution in [1.82, 2.24) is 0 Å². The van der Waals surface area contributed by atoms with Crippen LogP contribution in [0.25, 0.3) is 5.70 Å². The molecular formula is C15H21FN2O. The minimum Gasteiger partial charge on any atom is -0.402 e. The van der Waals surface area contributed by atoms with Gasteiger partial charge in [-0.2, -0.15) is 0 Å². The largest absolute Gasteiger partial charge is 0.402 e. The molecule has 1 aromatic rings. The van der Waals surface area contributed by atoms with Crippen LogP contribution < -0.4 is 11.5 Å². The lowest BCUT2D eigenvalue weighted by Gasteiger charge is -2.08. The quantitative estimate of drug-likeness (QED) is 0.613. The Morgan fingerprint density at radius 2 is 1.89 bits per heavy atom. The van der Waals surface area contributed by atoms with Crippen LogP contribution >= 0.6 is 0 Å². The van der Waals surface area contributed by atoms with Crippen LogP contribution in [-0.2, 0) is 4.74 Å². The molecule has 3 nitrogen and oxygen atoms in total. The molecule has 0 amide bonds. The Hall–Kier alpha value is -1.81. The van der Waals surface area contributed by atoms with Crippen molar-refractivity contribution in [2.75, 3.05) is 13.7 Å². The molecule has 4 heteroatoms. The summed E-state index contributed by atoms with van der Waals surface area (Å²) in [4.78, 5) is 0. The van der Waals surface area contributed by atoms with Crippen molar-refractivity contribution in [3.8, 4) is 0 Å². The Kier molecular flexibility index (Phi) is 6.09. The molecule has 0 saturated carbocycles. The third-order valence-corrected chi connectivity index (χ3v) is 2.81. The zero-order valence-corrected chi connectivity index (χ0v) is 11.4. The molecule has 1 rings (SSSR count). The van der Waals surface area contributed by atoms with E-state index in [1.165, 1.54) is 12.1 Å². The summed E-state index contributed by atoms with van der Waals surface area (Å²) in [7, 11) is 1.67. The Morgan fingerprint density at radius 3 is 2.42 bits per heavy atom. The molecule has 0 unspecified atom stereocenters. The van der Waals surface area contributed by atoms with E-state index in [-0.39, 0.29) is 5.82 Å². The fourth-order valence-corrected chi connectivity index (χ4v) is 1.70. The van der Waals surface area contributed by atoms with Crippen LogP contribution in [0, 0.1) is 5.82 Å². The monoisotopic (exact) mass is 264 g/mol. The molecule has 0 bridgehead atoms. The second-order valence-corrected chi connectivity index (χ2v) is 4.41. The van der Waals surface area contributed by atoms with Gasteiger partial charge in [-0.3, -0.25) is 0 Å². The molecule has 0 radical (unpaired) electrons. The summed E-state index contributed by atoms with van der Waals surface area (Å²) in [6, 6.07) is 6.08. The van der Waals surface area contributed by atoms with Crippen molar-refractivity contribution in [1.29, 1.82) is 0 Å². The van der Waals surface area contributed by atoms with Crippen LogP contribution in [0.2, 0.25) is 0 Å². The molecule has 0 heterocycles. The summed E-state index contributed by atoms with van der Waals surface area (Å²) in [5, 5.41) is 0. The number of methoxy groups -OCH3 is 1. The first-order chi connectivity index (χ1) is 9.04. The number of rotatable bonds is 6. The van der Waals surface area contributed by atoms with E-state index in [0.717, 1.165) is 29.7 Å². The molecule has 0 atom stereocenters. The van der Waals surface area contributed by atoms with Crippen molar-refractivity contribution in [3.05, 3.63) is 53.0 Å². The molecule has 1 aromatic carbocycles. The van der Waals surface area contributed by atoms with Crippen molar-refractivity contribution in [2.24, 2.45) is 11.5 Å². The third kappa shape index (κ3) is 5.14. The minimum atomic E-state index is -0.276. The number of benzene rings is 1. The van der Waals surface area contributed by atoms with Gasteiger partial charge in [0.05, 0.1) is 0 Å². The van der Waals surface area contributed by atoms with E-state index in [1.807, 2.05) is 13.0 Å². The number of allylic oxidation sites excluding steroid dienone is 3. The van der Waals surface area contributed by atoms with Gasteiger partial charge in [0.1, 0.15) is 5.82 Å². The maximum atomic E-state index is 12.8. The van der Waals surface area contributed by atoms with Gasteiger partial charge in [-0.15, -0.1) is 0 Å². The Labute approximate surface area is 113 Å². The Bertz CT molecular complexity index is 460. The fourth-order valence-electron chi connectivity index (χ4n) is 1.70. The van der Waals surface area contributed by atoms with Gasteiger partial charge in [-0.05, 0) is 49.1 Å². The summed E-state index contributed by atoms with van der Waals surface area (Å²) < 4.78 is 17.9. The zero-order valence-electron chi connectivity index (χ0n) is 11.4. The SMILES string of the molecule is COCCCC(/C=C(\N)c1ccc(F)cc1)=C(\C)N. The van der Waals surface area contributed by atoms with Gasteiger partial charge in [0, 0.05) is 25.1 Å². The van der Waals surface area contributed by atoms with Gasteiger partial charge < -0.3 is 16.2 Å². The van der Waals surface area contributed by atoms with E-state index < -0.39 is 0 Å². The molecule has 0 spiro atoms. The van der Waals surface area contributed by atoms with E-state index in [9.17, 15) is 4.39 Å². The third-order valence-electron chi connectivity index (χ3n) is 2.81. The highest BCUT2D eigenvalue weighted by atomic mass is 19.1. The van der Waals surface area contributed by atoms with E-state index >= 15 is 0 Å². The highest BCUT2D eigenvalue weighted by Crippen LogP contribution is 2.16. The van der Waals surface area contributed by atoms with Crippen LogP contribution in [0.5, 0.6) is 0 Å². The molecule has 0 aromatic heterocycles. The summed E-state index contributed by atoms with van der Waals surface area (Å²) in [5.74, 6) is -0.276. The van der Waals surface area contributed by atoms with E-state index in [4.69, 9.17) is 16.2 Å². The van der Waals surface area contributed by atoms with Crippen LogP contribution in [0.4, 0.5) is 4.39 Å². The number of hydrogen-bond acceptors (Lipinski definition) is 3. The van der Waals surface area contributed by atoms with E-state index in [1.54, 1.807) is 19.2 Å². The first-order valence-corrected chi connectivity index (χ1v) is 6.22. The molecule has 0 aliphatic rings.